The summed E-state index contributed by atoms with van der Waals surface area (Å²) in [6.45, 7) is 0.502. The van der Waals surface area contributed by atoms with Crippen molar-refractivity contribution in [3.8, 4) is 0 Å². The Morgan fingerprint density at radius 1 is 1.14 bits per heavy atom. The molecule has 0 aliphatic rings. The Bertz CT molecular complexity index is 798. The van der Waals surface area contributed by atoms with Gasteiger partial charge >= 0.3 is 0 Å². The molecule has 3 aromatic rings. The van der Waals surface area contributed by atoms with Gasteiger partial charge in [0.15, 0.2) is 5.11 Å². The number of thiocarbonyl (C=S) groups is 1. The highest BCUT2D eigenvalue weighted by atomic mass is 35.5. The van der Waals surface area contributed by atoms with Crippen LogP contribution in [0, 0.1) is 0 Å². The zero-order valence-corrected chi connectivity index (χ0v) is 13.7. The predicted octanol–water partition coefficient (Wildman–Crippen LogP) is 4.36. The van der Waals surface area contributed by atoms with Gasteiger partial charge in [0, 0.05) is 5.69 Å². The van der Waals surface area contributed by atoms with Crippen LogP contribution < -0.4 is 10.6 Å². The van der Waals surface area contributed by atoms with Crippen LogP contribution in [0.15, 0.2) is 42.5 Å². The monoisotopic (exact) mass is 350 g/mol. The van der Waals surface area contributed by atoms with Crippen LogP contribution in [0.3, 0.4) is 0 Å². The highest BCUT2D eigenvalue weighted by Crippen LogP contribution is 2.24. The van der Waals surface area contributed by atoms with Crippen molar-refractivity contribution in [2.75, 3.05) is 5.32 Å². The van der Waals surface area contributed by atoms with Crippen molar-refractivity contribution < 1.29 is 0 Å². The van der Waals surface area contributed by atoms with Crippen LogP contribution in [-0.2, 0) is 6.54 Å². The maximum Gasteiger partial charge on any atom is 0.171 e. The van der Waals surface area contributed by atoms with E-state index in [1.54, 1.807) is 12.1 Å². The molecule has 7 heteroatoms. The second-order valence-corrected chi connectivity index (χ2v) is 5.86. The maximum atomic E-state index is 5.96. The number of nitrogens with one attached hydrogen (secondary N) is 3. The van der Waals surface area contributed by atoms with Crippen molar-refractivity contribution in [1.29, 1.82) is 0 Å². The largest absolute Gasteiger partial charge is 0.355 e. The van der Waals surface area contributed by atoms with E-state index in [-0.39, 0.29) is 0 Å². The number of imidazole rings is 1. The third kappa shape index (κ3) is 3.50. The average molecular weight is 351 g/mol. The van der Waals surface area contributed by atoms with E-state index in [9.17, 15) is 0 Å². The molecule has 0 saturated heterocycles. The van der Waals surface area contributed by atoms with E-state index in [2.05, 4.69) is 20.6 Å². The highest BCUT2D eigenvalue weighted by molar-refractivity contribution is 7.80. The van der Waals surface area contributed by atoms with E-state index in [4.69, 9.17) is 35.4 Å². The van der Waals surface area contributed by atoms with Gasteiger partial charge in [0.25, 0.3) is 0 Å². The standard InChI is InChI=1S/C15H12Cl2N4S/c16-10-6-5-9(7-11(10)17)19-15(22)18-8-14-20-12-3-1-2-4-13(12)21-14/h1-7H,8H2,(H,20,21)(H2,18,19,22). The molecule has 112 valence electrons. The summed E-state index contributed by atoms with van der Waals surface area (Å²) in [5.41, 5.74) is 2.71. The van der Waals surface area contributed by atoms with Gasteiger partial charge in [0.05, 0.1) is 27.6 Å². The number of para-hydroxylation sites is 2. The number of aromatic amines is 1. The molecule has 0 atom stereocenters. The van der Waals surface area contributed by atoms with Gasteiger partial charge in [-0.3, -0.25) is 0 Å². The minimum absolute atomic E-state index is 0.478. The summed E-state index contributed by atoms with van der Waals surface area (Å²) in [6.07, 6.45) is 0. The quantitative estimate of drug-likeness (QED) is 0.614. The van der Waals surface area contributed by atoms with E-state index in [1.165, 1.54) is 0 Å². The van der Waals surface area contributed by atoms with Crippen LogP contribution in [-0.4, -0.2) is 15.1 Å². The number of aromatic nitrogens is 2. The van der Waals surface area contributed by atoms with E-state index < -0.39 is 0 Å². The molecule has 0 radical (unpaired) electrons. The van der Waals surface area contributed by atoms with Crippen molar-refractivity contribution >= 4 is 57.3 Å². The number of nitrogens with zero attached hydrogens (tertiary/aromatic N) is 1. The van der Waals surface area contributed by atoms with Crippen molar-refractivity contribution in [1.82, 2.24) is 15.3 Å². The fraction of sp³-hybridized carbons (Fsp3) is 0.0667. The van der Waals surface area contributed by atoms with Gasteiger partial charge in [0.1, 0.15) is 5.82 Å². The topological polar surface area (TPSA) is 52.7 Å². The van der Waals surface area contributed by atoms with E-state index in [1.807, 2.05) is 30.3 Å². The molecular formula is C15H12Cl2N4S. The lowest BCUT2D eigenvalue weighted by molar-refractivity contribution is 0.859. The number of anilines is 1. The first-order valence-electron chi connectivity index (χ1n) is 6.55. The molecule has 22 heavy (non-hydrogen) atoms. The minimum Gasteiger partial charge on any atom is -0.355 e. The molecule has 0 saturated carbocycles. The van der Waals surface area contributed by atoms with Gasteiger partial charge in [-0.05, 0) is 42.5 Å². The average Bonchev–Trinajstić information content (AvgIpc) is 2.92. The predicted molar refractivity (Wildman–Crippen MR) is 95.6 cm³/mol. The molecule has 4 nitrogen and oxygen atoms in total. The first-order chi connectivity index (χ1) is 10.6. The van der Waals surface area contributed by atoms with Crippen LogP contribution in [0.1, 0.15) is 5.82 Å². The second-order valence-electron chi connectivity index (χ2n) is 4.64. The molecule has 1 aromatic heterocycles. The van der Waals surface area contributed by atoms with Gasteiger partial charge in [-0.1, -0.05) is 35.3 Å². The lowest BCUT2D eigenvalue weighted by Gasteiger charge is -2.10. The Balaban J connectivity index is 1.60. The van der Waals surface area contributed by atoms with E-state index >= 15 is 0 Å². The molecular weight excluding hydrogens is 339 g/mol. The van der Waals surface area contributed by atoms with Crippen molar-refractivity contribution in [3.05, 3.63) is 58.3 Å². The van der Waals surface area contributed by atoms with Crippen LogP contribution in [0.25, 0.3) is 11.0 Å². The third-order valence-corrected chi connectivity index (χ3v) is 4.02. The number of fused-ring (bicyclic) bond motifs is 1. The number of halogens is 2. The highest BCUT2D eigenvalue weighted by Gasteiger charge is 2.04. The Kier molecular flexibility index (Phi) is 4.47. The smallest absolute Gasteiger partial charge is 0.171 e. The molecule has 2 aromatic carbocycles. The first-order valence-corrected chi connectivity index (χ1v) is 7.72. The summed E-state index contributed by atoms with van der Waals surface area (Å²) >= 11 is 17.1. The number of benzene rings is 2. The van der Waals surface area contributed by atoms with E-state index in [0.717, 1.165) is 22.5 Å². The SMILES string of the molecule is S=C(NCc1nc2ccccc2[nH]1)Nc1ccc(Cl)c(Cl)c1. The minimum atomic E-state index is 0.478. The number of hydrogen-bond acceptors (Lipinski definition) is 2. The molecule has 0 bridgehead atoms. The third-order valence-electron chi connectivity index (χ3n) is 3.03. The number of hydrogen-bond donors (Lipinski definition) is 3. The summed E-state index contributed by atoms with van der Waals surface area (Å²) in [4.78, 5) is 7.71. The molecule has 0 aliphatic heterocycles. The van der Waals surface area contributed by atoms with Crippen LogP contribution in [0.4, 0.5) is 5.69 Å². The Hall–Kier alpha value is -1.82. The van der Waals surface area contributed by atoms with Crippen LogP contribution >= 0.6 is 35.4 Å². The van der Waals surface area contributed by atoms with Gasteiger partial charge < -0.3 is 15.6 Å². The molecule has 3 rings (SSSR count). The summed E-state index contributed by atoms with van der Waals surface area (Å²) < 4.78 is 0. The van der Waals surface area contributed by atoms with E-state index in [0.29, 0.717) is 21.7 Å². The first kappa shape index (κ1) is 15.1. The number of rotatable bonds is 3. The molecule has 1 heterocycles. The van der Waals surface area contributed by atoms with Gasteiger partial charge in [-0.2, -0.15) is 0 Å². The Labute approximate surface area is 142 Å². The summed E-state index contributed by atoms with van der Waals surface area (Å²) in [7, 11) is 0. The van der Waals surface area contributed by atoms with Crippen molar-refractivity contribution in [2.45, 2.75) is 6.54 Å². The van der Waals surface area contributed by atoms with Gasteiger partial charge in [0.2, 0.25) is 0 Å². The molecule has 0 aliphatic carbocycles. The number of H-pyrrole nitrogens is 1. The lowest BCUT2D eigenvalue weighted by atomic mass is 10.3. The summed E-state index contributed by atoms with van der Waals surface area (Å²) in [5.74, 6) is 0.819. The molecule has 0 fully saturated rings. The zero-order valence-electron chi connectivity index (χ0n) is 11.4. The van der Waals surface area contributed by atoms with Crippen LogP contribution in [0.2, 0.25) is 10.0 Å². The molecule has 3 N–H and O–H groups in total. The fourth-order valence-electron chi connectivity index (χ4n) is 2.00. The van der Waals surface area contributed by atoms with Gasteiger partial charge in [-0.25, -0.2) is 4.98 Å². The molecule has 0 amide bonds. The van der Waals surface area contributed by atoms with Crippen molar-refractivity contribution in [3.63, 3.8) is 0 Å². The Morgan fingerprint density at radius 2 is 1.95 bits per heavy atom. The molecule has 0 spiro atoms. The summed E-state index contributed by atoms with van der Waals surface area (Å²) in [6, 6.07) is 13.1. The normalized spacial score (nSPS) is 10.6. The summed E-state index contributed by atoms with van der Waals surface area (Å²) in [5, 5.41) is 7.61. The molecule has 0 unspecified atom stereocenters. The van der Waals surface area contributed by atoms with Gasteiger partial charge in [-0.15, -0.1) is 0 Å². The van der Waals surface area contributed by atoms with Crippen molar-refractivity contribution in [2.24, 2.45) is 0 Å². The fourth-order valence-corrected chi connectivity index (χ4v) is 2.49. The second kappa shape index (κ2) is 6.52. The lowest BCUT2D eigenvalue weighted by Crippen LogP contribution is -2.28. The van der Waals surface area contributed by atoms with Crippen LogP contribution in [0.5, 0.6) is 0 Å². The zero-order chi connectivity index (χ0) is 15.5. The Morgan fingerprint density at radius 3 is 2.73 bits per heavy atom. The maximum absolute atomic E-state index is 5.96.